The Morgan fingerprint density at radius 2 is 2.23 bits per heavy atom. The van der Waals surface area contributed by atoms with Crippen molar-refractivity contribution in [3.05, 3.63) is 36.8 Å². The fourth-order valence-electron chi connectivity index (χ4n) is 4.36. The Morgan fingerprint density at radius 3 is 3.00 bits per heavy atom. The van der Waals surface area contributed by atoms with Gasteiger partial charge in [0.25, 0.3) is 0 Å². The monoisotopic (exact) mass is 409 g/mol. The van der Waals surface area contributed by atoms with Crippen molar-refractivity contribution in [3.63, 3.8) is 0 Å². The quantitative estimate of drug-likeness (QED) is 0.515. The summed E-state index contributed by atoms with van der Waals surface area (Å²) < 4.78 is 23.5. The number of fused-ring (bicyclic) bond motifs is 1. The summed E-state index contributed by atoms with van der Waals surface area (Å²) in [5.74, 6) is 1.77. The van der Waals surface area contributed by atoms with Gasteiger partial charge in [-0.25, -0.2) is 0 Å². The van der Waals surface area contributed by atoms with E-state index in [4.69, 9.17) is 9.10 Å². The zero-order chi connectivity index (χ0) is 23.2. The summed E-state index contributed by atoms with van der Waals surface area (Å²) in [5, 5.41) is 11.8. The van der Waals surface area contributed by atoms with Crippen LogP contribution in [0.25, 0.3) is 11.0 Å². The molecular formula is C22H30N8. The van der Waals surface area contributed by atoms with E-state index in [1.54, 1.807) is 0 Å². The van der Waals surface area contributed by atoms with E-state index in [-0.39, 0.29) is 6.04 Å². The molecule has 1 saturated carbocycles. The van der Waals surface area contributed by atoms with Gasteiger partial charge in [0.15, 0.2) is 0 Å². The Kier molecular flexibility index (Phi) is 4.11. The molecule has 0 bridgehead atoms. The van der Waals surface area contributed by atoms with Gasteiger partial charge in [0.2, 0.25) is 5.95 Å². The minimum atomic E-state index is -2.33. The van der Waals surface area contributed by atoms with Gasteiger partial charge in [-0.1, -0.05) is 6.08 Å². The molecule has 3 aromatic heterocycles. The van der Waals surface area contributed by atoms with Crippen LogP contribution >= 0.6 is 0 Å². The predicted octanol–water partition coefficient (Wildman–Crippen LogP) is 3.76. The van der Waals surface area contributed by atoms with E-state index in [0.29, 0.717) is 23.6 Å². The summed E-state index contributed by atoms with van der Waals surface area (Å²) >= 11 is 0. The number of hydrogen-bond acceptors (Lipinski definition) is 6. The number of likely N-dealkylation sites (tertiary alicyclic amines) is 1. The van der Waals surface area contributed by atoms with E-state index in [0.717, 1.165) is 47.5 Å². The summed E-state index contributed by atoms with van der Waals surface area (Å²) in [6, 6.07) is 0.806. The average molecular weight is 410 g/mol. The first kappa shape index (κ1) is 15.9. The first-order valence-corrected chi connectivity index (χ1v) is 10.6. The van der Waals surface area contributed by atoms with Crippen molar-refractivity contribution in [2.45, 2.75) is 50.6 Å². The molecule has 1 aliphatic carbocycles. The van der Waals surface area contributed by atoms with Crippen LogP contribution < -0.4 is 10.6 Å². The van der Waals surface area contributed by atoms with E-state index >= 15 is 0 Å². The van der Waals surface area contributed by atoms with Crippen molar-refractivity contribution in [1.29, 1.82) is 0 Å². The number of piperidine rings is 1. The summed E-state index contributed by atoms with van der Waals surface area (Å²) in [5.41, 5.74) is 2.56. The minimum Gasteiger partial charge on any atom is -0.365 e. The smallest absolute Gasteiger partial charge is 0.231 e. The average Bonchev–Trinajstić information content (AvgIpc) is 3.32. The van der Waals surface area contributed by atoms with Gasteiger partial charge in [0.1, 0.15) is 11.5 Å². The van der Waals surface area contributed by atoms with Crippen LogP contribution in [0.1, 0.15) is 48.2 Å². The van der Waals surface area contributed by atoms with Crippen molar-refractivity contribution in [2.24, 2.45) is 6.98 Å². The fourth-order valence-corrected chi connectivity index (χ4v) is 4.36. The van der Waals surface area contributed by atoms with Crippen LogP contribution in [0, 0.1) is 0 Å². The van der Waals surface area contributed by atoms with Crippen LogP contribution in [0.2, 0.25) is 0 Å². The molecule has 0 unspecified atom stereocenters. The molecule has 5 rings (SSSR count). The largest absolute Gasteiger partial charge is 0.365 e. The first-order chi connectivity index (χ1) is 15.8. The number of aryl methyl sites for hydroxylation is 1. The van der Waals surface area contributed by atoms with Gasteiger partial charge < -0.3 is 15.6 Å². The molecule has 158 valence electrons. The number of H-pyrrole nitrogens is 1. The first-order valence-electron chi connectivity index (χ1n) is 12.1. The molecule has 2 aliphatic rings. The lowest BCUT2D eigenvalue weighted by atomic mass is 9.99. The number of aromatic nitrogens is 5. The summed E-state index contributed by atoms with van der Waals surface area (Å²) in [6.07, 6.45) is 11.5. The van der Waals surface area contributed by atoms with Crippen molar-refractivity contribution in [1.82, 2.24) is 29.6 Å². The van der Waals surface area contributed by atoms with E-state index in [2.05, 4.69) is 44.1 Å². The highest BCUT2D eigenvalue weighted by Crippen LogP contribution is 2.44. The standard InChI is InChI=1S/C22H30N8/c1-4-9-30-13-16(8-5-14(30)2)25-21-19-18(15-6-7-15)11-23-20(19)27-22(28-21)26-17-10-24-29(3)12-17/h4,10-12,14-16H,1,5-9,13H2,2-3H3,(H3,23,25,26,27,28)/t14-,16+/m0/s1/i3D3. The second kappa shape index (κ2) is 7.75. The van der Waals surface area contributed by atoms with E-state index in [9.17, 15) is 0 Å². The molecule has 3 N–H and O–H groups in total. The van der Waals surface area contributed by atoms with Gasteiger partial charge in [-0.2, -0.15) is 15.1 Å². The highest BCUT2D eigenvalue weighted by molar-refractivity contribution is 5.92. The number of anilines is 3. The molecule has 1 saturated heterocycles. The Balaban J connectivity index is 1.45. The van der Waals surface area contributed by atoms with Crippen molar-refractivity contribution < 1.29 is 4.11 Å². The highest BCUT2D eigenvalue weighted by atomic mass is 15.3. The summed E-state index contributed by atoms with van der Waals surface area (Å²) in [7, 11) is 0. The third kappa shape index (κ3) is 3.79. The lowest BCUT2D eigenvalue weighted by Gasteiger charge is -2.38. The van der Waals surface area contributed by atoms with Crippen LogP contribution in [-0.2, 0) is 6.98 Å². The lowest BCUT2D eigenvalue weighted by Crippen LogP contribution is -2.46. The number of nitrogens with one attached hydrogen (secondary N) is 3. The van der Waals surface area contributed by atoms with Crippen LogP contribution in [-0.4, -0.2) is 54.8 Å². The zero-order valence-corrected chi connectivity index (χ0v) is 17.2. The van der Waals surface area contributed by atoms with Crippen molar-refractivity contribution in [3.8, 4) is 0 Å². The number of aromatic amines is 1. The molecule has 0 spiro atoms. The van der Waals surface area contributed by atoms with Crippen LogP contribution in [0.4, 0.5) is 17.5 Å². The Hall–Kier alpha value is -2.87. The SMILES string of the molecule is [2H]C([2H])([2H])n1cc(Nc2nc(N[C@@H]3CC[C@H](C)N(CC=C)C3)c3c(C4CC4)c[nH]c3n2)cn1. The van der Waals surface area contributed by atoms with E-state index < -0.39 is 6.98 Å². The third-order valence-corrected chi connectivity index (χ3v) is 6.13. The second-order valence-corrected chi connectivity index (χ2v) is 8.45. The lowest BCUT2D eigenvalue weighted by molar-refractivity contribution is 0.168. The van der Waals surface area contributed by atoms with E-state index in [1.807, 2.05) is 12.3 Å². The summed E-state index contributed by atoms with van der Waals surface area (Å²) in [4.78, 5) is 15.2. The maximum absolute atomic E-state index is 7.51. The molecule has 2 fully saturated rings. The normalized spacial score (nSPS) is 24.2. The minimum absolute atomic E-state index is 0.271. The van der Waals surface area contributed by atoms with Gasteiger partial charge in [0.05, 0.1) is 17.3 Å². The molecule has 0 radical (unpaired) electrons. The van der Waals surface area contributed by atoms with Crippen LogP contribution in [0.15, 0.2) is 31.2 Å². The Labute approximate surface area is 181 Å². The zero-order valence-electron chi connectivity index (χ0n) is 20.2. The Morgan fingerprint density at radius 1 is 1.33 bits per heavy atom. The molecule has 8 heteroatoms. The molecule has 3 aromatic rings. The molecule has 8 nitrogen and oxygen atoms in total. The topological polar surface area (TPSA) is 86.7 Å². The van der Waals surface area contributed by atoms with Gasteiger partial charge in [-0.15, -0.1) is 6.58 Å². The molecule has 1 aliphatic heterocycles. The number of rotatable bonds is 7. The Bertz CT molecular complexity index is 1150. The molecule has 2 atom stereocenters. The highest BCUT2D eigenvalue weighted by Gasteiger charge is 2.30. The molecule has 4 heterocycles. The van der Waals surface area contributed by atoms with Crippen molar-refractivity contribution >= 4 is 28.5 Å². The molecule has 0 amide bonds. The maximum atomic E-state index is 7.51. The van der Waals surface area contributed by atoms with Gasteiger partial charge >= 0.3 is 0 Å². The van der Waals surface area contributed by atoms with Gasteiger partial charge in [-0.05, 0) is 44.1 Å². The fraction of sp³-hybridized carbons (Fsp3) is 0.500. The predicted molar refractivity (Wildman–Crippen MR) is 120 cm³/mol. The van der Waals surface area contributed by atoms with Gasteiger partial charge in [0, 0.05) is 48.7 Å². The number of hydrogen-bond donors (Lipinski definition) is 3. The van der Waals surface area contributed by atoms with Gasteiger partial charge in [-0.3, -0.25) is 9.58 Å². The van der Waals surface area contributed by atoms with Crippen molar-refractivity contribution in [2.75, 3.05) is 23.7 Å². The van der Waals surface area contributed by atoms with E-state index in [1.165, 1.54) is 30.8 Å². The van der Waals surface area contributed by atoms with Crippen LogP contribution in [0.3, 0.4) is 0 Å². The summed E-state index contributed by atoms with van der Waals surface area (Å²) in [6.45, 7) is 5.64. The third-order valence-electron chi connectivity index (χ3n) is 6.13. The second-order valence-electron chi connectivity index (χ2n) is 8.45. The molecule has 30 heavy (non-hydrogen) atoms. The molecule has 0 aromatic carbocycles. The molecular weight excluding hydrogens is 376 g/mol. The van der Waals surface area contributed by atoms with Crippen LogP contribution in [0.5, 0.6) is 0 Å². The maximum Gasteiger partial charge on any atom is 0.231 e. The number of nitrogens with zero attached hydrogens (tertiary/aromatic N) is 5.